The summed E-state index contributed by atoms with van der Waals surface area (Å²) in [5.74, 6) is -0.352. The molecule has 0 unspecified atom stereocenters. The number of amides is 2. The van der Waals surface area contributed by atoms with Crippen LogP contribution < -0.4 is 4.74 Å². The van der Waals surface area contributed by atoms with Gasteiger partial charge in [0.25, 0.3) is 0 Å². The van der Waals surface area contributed by atoms with Gasteiger partial charge < -0.3 is 24.4 Å². The van der Waals surface area contributed by atoms with E-state index in [4.69, 9.17) is 9.47 Å². The molecule has 1 aromatic carbocycles. The maximum absolute atomic E-state index is 13.2. The van der Waals surface area contributed by atoms with E-state index in [2.05, 4.69) is 0 Å². The molecule has 2 amide bonds. The van der Waals surface area contributed by atoms with Gasteiger partial charge in [-0.2, -0.15) is 0 Å². The van der Waals surface area contributed by atoms with Crippen LogP contribution in [0.4, 0.5) is 0 Å². The van der Waals surface area contributed by atoms with Crippen molar-refractivity contribution in [3.8, 4) is 5.75 Å². The molecule has 5 rings (SSSR count). The van der Waals surface area contributed by atoms with Crippen LogP contribution in [0.5, 0.6) is 5.75 Å². The van der Waals surface area contributed by atoms with Gasteiger partial charge in [0.2, 0.25) is 11.8 Å². The summed E-state index contributed by atoms with van der Waals surface area (Å²) in [6.07, 6.45) is 3.07. The molecule has 27 heavy (non-hydrogen) atoms. The van der Waals surface area contributed by atoms with E-state index in [9.17, 15) is 14.7 Å². The monoisotopic (exact) mass is 370 g/mol. The second-order valence-corrected chi connectivity index (χ2v) is 7.84. The first kappa shape index (κ1) is 16.8. The van der Waals surface area contributed by atoms with Crippen LogP contribution in [0.3, 0.4) is 0 Å². The minimum Gasteiger partial charge on any atom is -0.497 e. The lowest BCUT2D eigenvalue weighted by Gasteiger charge is -2.39. The Kier molecular flexibility index (Phi) is 3.61. The molecular formula is C20H22N2O5. The Labute approximate surface area is 157 Å². The fourth-order valence-electron chi connectivity index (χ4n) is 4.83. The number of benzene rings is 1. The number of aliphatic hydroxyl groups is 1. The zero-order valence-corrected chi connectivity index (χ0v) is 15.1. The molecule has 4 atom stereocenters. The van der Waals surface area contributed by atoms with Crippen molar-refractivity contribution < 1.29 is 24.2 Å². The molecule has 142 valence electrons. The van der Waals surface area contributed by atoms with E-state index in [1.807, 2.05) is 36.4 Å². The van der Waals surface area contributed by atoms with Gasteiger partial charge in [-0.25, -0.2) is 0 Å². The molecule has 1 aromatic rings. The van der Waals surface area contributed by atoms with Crippen LogP contribution in [0.1, 0.15) is 5.56 Å². The van der Waals surface area contributed by atoms with E-state index in [0.29, 0.717) is 26.2 Å². The third-order valence-corrected chi connectivity index (χ3v) is 6.15. The fraction of sp³-hybridized carbons (Fsp3) is 0.500. The van der Waals surface area contributed by atoms with E-state index in [-0.39, 0.29) is 17.9 Å². The minimum absolute atomic E-state index is 0.0379. The van der Waals surface area contributed by atoms with Crippen LogP contribution in [-0.4, -0.2) is 71.3 Å². The number of nitrogens with zero attached hydrogens (tertiary/aromatic N) is 2. The van der Waals surface area contributed by atoms with Crippen molar-refractivity contribution in [2.24, 2.45) is 11.8 Å². The topological polar surface area (TPSA) is 79.3 Å². The Morgan fingerprint density at radius 2 is 2.22 bits per heavy atom. The molecule has 0 saturated carbocycles. The van der Waals surface area contributed by atoms with Crippen LogP contribution >= 0.6 is 0 Å². The summed E-state index contributed by atoms with van der Waals surface area (Å²) in [6, 6.07) is 7.64. The van der Waals surface area contributed by atoms with E-state index >= 15 is 0 Å². The van der Waals surface area contributed by atoms with Gasteiger partial charge >= 0.3 is 0 Å². The van der Waals surface area contributed by atoms with Crippen molar-refractivity contribution in [3.05, 3.63) is 42.0 Å². The smallest absolute Gasteiger partial charge is 0.230 e. The zero-order chi connectivity index (χ0) is 18.8. The highest BCUT2D eigenvalue weighted by Gasteiger charge is 2.67. The highest BCUT2D eigenvalue weighted by Crippen LogP contribution is 2.52. The van der Waals surface area contributed by atoms with Gasteiger partial charge in [0.1, 0.15) is 11.4 Å². The van der Waals surface area contributed by atoms with Crippen LogP contribution in [0, 0.1) is 11.8 Å². The lowest BCUT2D eigenvalue weighted by Crippen LogP contribution is -2.57. The van der Waals surface area contributed by atoms with Crippen LogP contribution in [0.2, 0.25) is 0 Å². The normalized spacial score (nSPS) is 34.1. The number of carbonyl (C=O) groups is 2. The van der Waals surface area contributed by atoms with E-state index in [1.165, 1.54) is 0 Å². The number of ether oxygens (including phenoxy) is 2. The summed E-state index contributed by atoms with van der Waals surface area (Å²) < 4.78 is 11.4. The molecule has 0 aromatic heterocycles. The quantitative estimate of drug-likeness (QED) is 0.765. The third-order valence-electron chi connectivity index (χ3n) is 6.15. The van der Waals surface area contributed by atoms with Crippen molar-refractivity contribution in [1.82, 2.24) is 9.80 Å². The molecule has 2 bridgehead atoms. The van der Waals surface area contributed by atoms with E-state index < -0.39 is 23.5 Å². The molecule has 1 spiro atoms. The molecular weight excluding hydrogens is 348 g/mol. The number of hydrogen-bond acceptors (Lipinski definition) is 5. The average Bonchev–Trinajstić information content (AvgIpc) is 3.27. The SMILES string of the molecule is COc1cccc(CN2C[C@]34C=C[C@H](O3)[C@H](C(=O)N3CC(O)C3)[C@@H]4C2=O)c1. The van der Waals surface area contributed by atoms with Crippen molar-refractivity contribution in [3.63, 3.8) is 0 Å². The van der Waals surface area contributed by atoms with Crippen molar-refractivity contribution >= 4 is 11.8 Å². The molecule has 0 radical (unpaired) electrons. The third kappa shape index (κ3) is 2.41. The Morgan fingerprint density at radius 1 is 1.41 bits per heavy atom. The molecule has 7 nitrogen and oxygen atoms in total. The first-order valence-electron chi connectivity index (χ1n) is 9.26. The zero-order valence-electron chi connectivity index (χ0n) is 15.1. The Balaban J connectivity index is 1.38. The largest absolute Gasteiger partial charge is 0.497 e. The van der Waals surface area contributed by atoms with Gasteiger partial charge in [-0.1, -0.05) is 24.3 Å². The first-order valence-corrected chi connectivity index (χ1v) is 9.26. The Morgan fingerprint density at radius 3 is 2.96 bits per heavy atom. The fourth-order valence-corrected chi connectivity index (χ4v) is 4.83. The maximum Gasteiger partial charge on any atom is 0.230 e. The van der Waals surface area contributed by atoms with Crippen molar-refractivity contribution in [1.29, 1.82) is 0 Å². The summed E-state index contributed by atoms with van der Waals surface area (Å²) in [5.41, 5.74) is 0.274. The molecule has 4 aliphatic heterocycles. The first-order chi connectivity index (χ1) is 13.0. The number of methoxy groups -OCH3 is 1. The predicted molar refractivity (Wildman–Crippen MR) is 94.7 cm³/mol. The summed E-state index contributed by atoms with van der Waals surface area (Å²) in [7, 11) is 1.61. The van der Waals surface area contributed by atoms with Gasteiger partial charge in [-0.15, -0.1) is 0 Å². The highest BCUT2D eigenvalue weighted by molar-refractivity contribution is 5.93. The average molecular weight is 370 g/mol. The van der Waals surface area contributed by atoms with E-state index in [0.717, 1.165) is 11.3 Å². The molecule has 4 aliphatic rings. The second-order valence-electron chi connectivity index (χ2n) is 7.84. The standard InChI is InChI=1S/C20H22N2O5/c1-26-14-4-2-3-12(7-14)8-22-11-20-6-5-15(27-20)16(17(20)19(22)25)18(24)21-9-13(23)10-21/h2-7,13,15-17,23H,8-11H2,1H3/t15-,16-,17+,20-/m0/s1. The number of likely N-dealkylation sites (tertiary alicyclic amines) is 2. The lowest BCUT2D eigenvalue weighted by molar-refractivity contribution is -0.151. The number of fused-ring (bicyclic) bond motifs is 1. The summed E-state index contributed by atoms with van der Waals surface area (Å²) >= 11 is 0. The Hall–Kier alpha value is -2.38. The second kappa shape index (κ2) is 5.81. The van der Waals surface area contributed by atoms with Gasteiger partial charge in [0.15, 0.2) is 0 Å². The van der Waals surface area contributed by atoms with Crippen LogP contribution in [-0.2, 0) is 20.9 Å². The number of β-amino-alcohol motifs (C(OH)–C–C–N with tert-alkyl or cyclic N) is 1. The van der Waals surface area contributed by atoms with Crippen molar-refractivity contribution in [2.75, 3.05) is 26.7 Å². The van der Waals surface area contributed by atoms with Gasteiger partial charge in [0.05, 0.1) is 37.7 Å². The molecule has 7 heteroatoms. The van der Waals surface area contributed by atoms with Gasteiger partial charge in [-0.3, -0.25) is 9.59 Å². The highest BCUT2D eigenvalue weighted by atomic mass is 16.5. The molecule has 0 aliphatic carbocycles. The van der Waals surface area contributed by atoms with Crippen LogP contribution in [0.25, 0.3) is 0 Å². The van der Waals surface area contributed by atoms with Crippen molar-refractivity contribution in [2.45, 2.75) is 24.4 Å². The lowest BCUT2D eigenvalue weighted by atomic mass is 9.76. The number of rotatable bonds is 4. The summed E-state index contributed by atoms with van der Waals surface area (Å²) in [6.45, 7) is 1.59. The van der Waals surface area contributed by atoms with Crippen LogP contribution in [0.15, 0.2) is 36.4 Å². The molecule has 4 heterocycles. The predicted octanol–water partition coefficient (Wildman–Crippen LogP) is 0.180. The number of carbonyl (C=O) groups excluding carboxylic acids is 2. The van der Waals surface area contributed by atoms with Gasteiger partial charge in [-0.05, 0) is 17.7 Å². The summed E-state index contributed by atoms with van der Waals surface area (Å²) in [4.78, 5) is 29.5. The Bertz CT molecular complexity index is 833. The maximum atomic E-state index is 13.2. The minimum atomic E-state index is -0.704. The summed E-state index contributed by atoms with van der Waals surface area (Å²) in [5, 5.41) is 9.50. The molecule has 3 saturated heterocycles. The number of aliphatic hydroxyl groups excluding tert-OH is 1. The molecule has 3 fully saturated rings. The van der Waals surface area contributed by atoms with E-state index in [1.54, 1.807) is 16.9 Å². The van der Waals surface area contributed by atoms with Gasteiger partial charge in [0, 0.05) is 19.6 Å². The molecule has 1 N–H and O–H groups in total. The number of hydrogen-bond donors (Lipinski definition) is 1.